The van der Waals surface area contributed by atoms with Crippen LogP contribution in [0.15, 0.2) is 54.6 Å². The number of nitrogens with one attached hydrogen (secondary N) is 1. The van der Waals surface area contributed by atoms with Gasteiger partial charge in [0.1, 0.15) is 6.04 Å². The van der Waals surface area contributed by atoms with Crippen LogP contribution < -0.4 is 9.62 Å². The molecule has 2 amide bonds. The Hall–Kier alpha value is -2.87. The van der Waals surface area contributed by atoms with Crippen LogP contribution in [0.3, 0.4) is 0 Å². The Bertz CT molecular complexity index is 1110. The molecule has 0 bridgehead atoms. The number of rotatable bonds is 13. The second-order valence-electron chi connectivity index (χ2n) is 9.88. The molecule has 0 saturated heterocycles. The van der Waals surface area contributed by atoms with E-state index in [1.54, 1.807) is 4.90 Å². The van der Waals surface area contributed by atoms with Crippen LogP contribution in [0.5, 0.6) is 0 Å². The minimum Gasteiger partial charge on any atom is -0.352 e. The summed E-state index contributed by atoms with van der Waals surface area (Å²) < 4.78 is 26.4. The Labute approximate surface area is 222 Å². The van der Waals surface area contributed by atoms with Crippen molar-refractivity contribution in [3.63, 3.8) is 0 Å². The Morgan fingerprint density at radius 2 is 1.62 bits per heavy atom. The SMILES string of the molecule is CCc1ccc(N(CCCC(=O)N(Cc2ccccc2)[C@H](CC)C(=O)NC2CCCC2)S(C)(=O)=O)cc1. The molecule has 1 aliphatic rings. The molecule has 2 aromatic carbocycles. The fourth-order valence-electron chi connectivity index (χ4n) is 4.97. The van der Waals surface area contributed by atoms with Gasteiger partial charge < -0.3 is 10.2 Å². The molecule has 0 aromatic heterocycles. The van der Waals surface area contributed by atoms with Crippen LogP contribution >= 0.6 is 0 Å². The second-order valence-corrected chi connectivity index (χ2v) is 11.8. The summed E-state index contributed by atoms with van der Waals surface area (Å²) in [6, 6.07) is 16.8. The fourth-order valence-corrected chi connectivity index (χ4v) is 5.93. The highest BCUT2D eigenvalue weighted by Crippen LogP contribution is 2.22. The lowest BCUT2D eigenvalue weighted by atomic mass is 10.1. The summed E-state index contributed by atoms with van der Waals surface area (Å²) in [6.45, 7) is 4.51. The standard InChI is InChI=1S/C29H41N3O4S/c1-4-23-17-19-26(20-18-23)32(37(3,35)36)21-11-16-28(33)31(22-24-12-7-6-8-13-24)27(5-2)29(34)30-25-14-9-10-15-25/h6-8,12-13,17-20,25,27H,4-5,9-11,14-16,21-22H2,1-3H3,(H,30,34)/t27-/m1/s1. The van der Waals surface area contributed by atoms with Crippen molar-refractivity contribution in [2.24, 2.45) is 0 Å². The highest BCUT2D eigenvalue weighted by atomic mass is 32.2. The lowest BCUT2D eigenvalue weighted by Crippen LogP contribution is -2.51. The first-order chi connectivity index (χ1) is 17.7. The van der Waals surface area contributed by atoms with E-state index in [2.05, 4.69) is 5.32 Å². The zero-order valence-electron chi connectivity index (χ0n) is 22.4. The van der Waals surface area contributed by atoms with E-state index in [0.717, 1.165) is 43.2 Å². The molecule has 0 spiro atoms. The van der Waals surface area contributed by atoms with Crippen LogP contribution in [0.2, 0.25) is 0 Å². The molecule has 1 aliphatic carbocycles. The quantitative estimate of drug-likeness (QED) is 0.410. The van der Waals surface area contributed by atoms with Crippen molar-refractivity contribution < 1.29 is 18.0 Å². The number of hydrogen-bond acceptors (Lipinski definition) is 4. The predicted molar refractivity (Wildman–Crippen MR) is 149 cm³/mol. The first-order valence-electron chi connectivity index (χ1n) is 13.4. The van der Waals surface area contributed by atoms with Gasteiger partial charge in [0, 0.05) is 25.6 Å². The Morgan fingerprint density at radius 1 is 0.973 bits per heavy atom. The zero-order valence-corrected chi connectivity index (χ0v) is 23.2. The van der Waals surface area contributed by atoms with E-state index in [9.17, 15) is 18.0 Å². The molecule has 1 saturated carbocycles. The average Bonchev–Trinajstić information content (AvgIpc) is 3.39. The normalized spacial score (nSPS) is 14.8. The molecule has 0 aliphatic heterocycles. The number of aryl methyl sites for hydroxylation is 1. The van der Waals surface area contributed by atoms with Crippen molar-refractivity contribution in [3.8, 4) is 0 Å². The minimum atomic E-state index is -3.51. The smallest absolute Gasteiger partial charge is 0.243 e. The number of carbonyl (C=O) groups is 2. The second kappa shape index (κ2) is 13.6. The predicted octanol–water partition coefficient (Wildman–Crippen LogP) is 4.66. The average molecular weight is 528 g/mol. The summed E-state index contributed by atoms with van der Waals surface area (Å²) in [7, 11) is -3.51. The van der Waals surface area contributed by atoms with Crippen LogP contribution in [0.4, 0.5) is 5.69 Å². The van der Waals surface area contributed by atoms with Crippen molar-refractivity contribution in [3.05, 3.63) is 65.7 Å². The van der Waals surface area contributed by atoms with E-state index >= 15 is 0 Å². The van der Waals surface area contributed by atoms with Gasteiger partial charge in [-0.05, 0) is 55.4 Å². The zero-order chi connectivity index (χ0) is 26.8. The van der Waals surface area contributed by atoms with Crippen molar-refractivity contribution in [2.45, 2.75) is 83.8 Å². The van der Waals surface area contributed by atoms with Gasteiger partial charge in [0.05, 0.1) is 11.9 Å². The van der Waals surface area contributed by atoms with Crippen molar-refractivity contribution in [1.82, 2.24) is 10.2 Å². The highest BCUT2D eigenvalue weighted by molar-refractivity contribution is 7.92. The van der Waals surface area contributed by atoms with Crippen LogP contribution in [-0.2, 0) is 32.6 Å². The van der Waals surface area contributed by atoms with Crippen LogP contribution in [0, 0.1) is 0 Å². The third kappa shape index (κ3) is 8.32. The summed E-state index contributed by atoms with van der Waals surface area (Å²) in [5.74, 6) is -0.250. The molecule has 1 atom stereocenters. The largest absolute Gasteiger partial charge is 0.352 e. The van der Waals surface area contributed by atoms with E-state index in [1.807, 2.05) is 68.4 Å². The van der Waals surface area contributed by atoms with Gasteiger partial charge in [-0.2, -0.15) is 0 Å². The topological polar surface area (TPSA) is 86.8 Å². The Kier molecular flexibility index (Phi) is 10.6. The molecular formula is C29H41N3O4S. The maximum absolute atomic E-state index is 13.5. The van der Waals surface area contributed by atoms with Crippen molar-refractivity contribution in [2.75, 3.05) is 17.1 Å². The van der Waals surface area contributed by atoms with Gasteiger partial charge in [0.25, 0.3) is 0 Å². The van der Waals surface area contributed by atoms with Gasteiger partial charge >= 0.3 is 0 Å². The molecule has 202 valence electrons. The van der Waals surface area contributed by atoms with E-state index in [0.29, 0.717) is 25.1 Å². The monoisotopic (exact) mass is 527 g/mol. The van der Waals surface area contributed by atoms with E-state index in [-0.39, 0.29) is 30.8 Å². The number of anilines is 1. The maximum Gasteiger partial charge on any atom is 0.243 e. The molecule has 0 unspecified atom stereocenters. The third-order valence-electron chi connectivity index (χ3n) is 7.07. The number of carbonyl (C=O) groups excluding carboxylic acids is 2. The number of benzene rings is 2. The van der Waals surface area contributed by atoms with Crippen molar-refractivity contribution in [1.29, 1.82) is 0 Å². The van der Waals surface area contributed by atoms with Crippen LogP contribution in [0.25, 0.3) is 0 Å². The molecule has 1 fully saturated rings. The van der Waals surface area contributed by atoms with E-state index < -0.39 is 16.1 Å². The third-order valence-corrected chi connectivity index (χ3v) is 8.26. The molecule has 1 N–H and O–H groups in total. The molecular weight excluding hydrogens is 486 g/mol. The first kappa shape index (κ1) is 28.7. The molecule has 8 heteroatoms. The fraction of sp³-hybridized carbons (Fsp3) is 0.517. The molecule has 0 radical (unpaired) electrons. The van der Waals surface area contributed by atoms with Crippen molar-refractivity contribution >= 4 is 27.5 Å². The van der Waals surface area contributed by atoms with Gasteiger partial charge in [-0.25, -0.2) is 8.42 Å². The summed E-state index contributed by atoms with van der Waals surface area (Å²) >= 11 is 0. The molecule has 2 aromatic rings. The molecule has 37 heavy (non-hydrogen) atoms. The van der Waals surface area contributed by atoms with E-state index in [4.69, 9.17) is 0 Å². The number of sulfonamides is 1. The minimum absolute atomic E-state index is 0.104. The van der Waals surface area contributed by atoms with Crippen LogP contribution in [0.1, 0.15) is 69.9 Å². The number of nitrogens with zero attached hydrogens (tertiary/aromatic N) is 2. The number of hydrogen-bond donors (Lipinski definition) is 1. The number of amides is 2. The van der Waals surface area contributed by atoms with Gasteiger partial charge in [0.2, 0.25) is 21.8 Å². The summed E-state index contributed by atoms with van der Waals surface area (Å²) in [4.78, 5) is 28.4. The molecule has 3 rings (SSSR count). The summed E-state index contributed by atoms with van der Waals surface area (Å²) in [5.41, 5.74) is 2.68. The van der Waals surface area contributed by atoms with E-state index in [1.165, 1.54) is 10.6 Å². The Balaban J connectivity index is 1.72. The summed E-state index contributed by atoms with van der Waals surface area (Å²) in [6.07, 6.45) is 7.27. The van der Waals surface area contributed by atoms with Gasteiger partial charge in [-0.3, -0.25) is 13.9 Å². The molecule has 0 heterocycles. The first-order valence-corrected chi connectivity index (χ1v) is 15.3. The van der Waals surface area contributed by atoms with Gasteiger partial charge in [0.15, 0.2) is 0 Å². The van der Waals surface area contributed by atoms with Crippen LogP contribution in [-0.4, -0.2) is 50.0 Å². The lowest BCUT2D eigenvalue weighted by Gasteiger charge is -2.32. The lowest BCUT2D eigenvalue weighted by molar-refractivity contribution is -0.141. The highest BCUT2D eigenvalue weighted by Gasteiger charge is 2.30. The maximum atomic E-state index is 13.5. The Morgan fingerprint density at radius 3 is 2.19 bits per heavy atom. The van der Waals surface area contributed by atoms with Gasteiger partial charge in [-0.1, -0.05) is 69.2 Å². The van der Waals surface area contributed by atoms with Gasteiger partial charge in [-0.15, -0.1) is 0 Å². The summed E-state index contributed by atoms with van der Waals surface area (Å²) in [5, 5.41) is 3.16. The molecule has 7 nitrogen and oxygen atoms in total.